The quantitative estimate of drug-likeness (QED) is 0.473. The Morgan fingerprint density at radius 1 is 1.10 bits per heavy atom. The Hall–Kier alpha value is -2.66. The molecule has 3 aromatic rings. The van der Waals surface area contributed by atoms with E-state index in [-0.39, 0.29) is 28.2 Å². The zero-order valence-corrected chi connectivity index (χ0v) is 18.6. The smallest absolute Gasteiger partial charge is 0.451 e. The molecule has 1 fully saturated rings. The minimum absolute atomic E-state index is 0.0150. The van der Waals surface area contributed by atoms with Crippen LogP contribution >= 0.6 is 0 Å². The van der Waals surface area contributed by atoms with Gasteiger partial charge in [0.2, 0.25) is 0 Å². The molecule has 0 atom stereocenters. The molecule has 162 valence electrons. The zero-order chi connectivity index (χ0) is 21.4. The number of nitrogens with one attached hydrogen (secondary N) is 1. The Bertz CT molecular complexity index is 1210. The van der Waals surface area contributed by atoms with Gasteiger partial charge in [0, 0.05) is 12.1 Å². The third-order valence-electron chi connectivity index (χ3n) is 5.48. The van der Waals surface area contributed by atoms with Gasteiger partial charge in [0.1, 0.15) is 11.4 Å². The Morgan fingerprint density at radius 2 is 1.90 bits per heavy atom. The summed E-state index contributed by atoms with van der Waals surface area (Å²) in [6.07, 6.45) is 1.57. The summed E-state index contributed by atoms with van der Waals surface area (Å²) in [7, 11) is 0. The van der Waals surface area contributed by atoms with Gasteiger partial charge in [-0.2, -0.15) is 0 Å². The van der Waals surface area contributed by atoms with Gasteiger partial charge in [0.15, 0.2) is 5.43 Å². The summed E-state index contributed by atoms with van der Waals surface area (Å²) in [4.78, 5) is 27.1. The molecule has 2 aromatic carbocycles. The maximum atomic E-state index is 13.5. The number of carbonyl (C=O) groups is 1. The SMILES string of the molecule is O=C(NC1CCN(Cc2ccc3c(c2)O[I-]O3)CC1)c1cc(=O)c2ccc(F)cc2o1. The maximum absolute atomic E-state index is 13.5. The van der Waals surface area contributed by atoms with Crippen molar-refractivity contribution in [3.05, 3.63) is 69.8 Å². The van der Waals surface area contributed by atoms with Crippen LogP contribution in [0.15, 0.2) is 51.7 Å². The summed E-state index contributed by atoms with van der Waals surface area (Å²) < 4.78 is 29.9. The molecule has 1 amide bonds. The Labute approximate surface area is 188 Å². The molecular formula is C22H19FIN2O5-. The average Bonchev–Trinajstić information content (AvgIpc) is 3.22. The molecule has 1 N–H and O–H groups in total. The van der Waals surface area contributed by atoms with Gasteiger partial charge in [-0.15, -0.1) is 0 Å². The summed E-state index contributed by atoms with van der Waals surface area (Å²) in [6.45, 7) is 2.47. The minimum atomic E-state index is -0.669. The number of likely N-dealkylation sites (tertiary alicyclic amines) is 1. The number of fused-ring (bicyclic) bond motifs is 2. The Balaban J connectivity index is 1.19. The normalized spacial score (nSPS) is 16.8. The fraction of sp³-hybridized carbons (Fsp3) is 0.273. The summed E-state index contributed by atoms with van der Waals surface area (Å²) in [5.74, 6) is 0.560. The van der Waals surface area contributed by atoms with Crippen LogP contribution in [0.3, 0.4) is 0 Å². The minimum Gasteiger partial charge on any atom is -0.451 e. The average molecular weight is 537 g/mol. The molecule has 0 aliphatic carbocycles. The molecule has 0 bridgehead atoms. The van der Waals surface area contributed by atoms with Gasteiger partial charge < -0.3 is 4.42 Å². The summed E-state index contributed by atoms with van der Waals surface area (Å²) >= 11 is -0.669. The molecule has 1 saturated heterocycles. The molecule has 3 heterocycles. The van der Waals surface area contributed by atoms with E-state index in [0.29, 0.717) is 0 Å². The van der Waals surface area contributed by atoms with Crippen LogP contribution in [-0.2, 0) is 6.54 Å². The first-order valence-electron chi connectivity index (χ1n) is 9.93. The van der Waals surface area contributed by atoms with Gasteiger partial charge in [0.25, 0.3) is 0 Å². The van der Waals surface area contributed by atoms with Crippen molar-refractivity contribution >= 4 is 16.9 Å². The summed E-state index contributed by atoms with van der Waals surface area (Å²) in [5, 5.41) is 3.18. The monoisotopic (exact) mass is 537 g/mol. The molecule has 5 rings (SSSR count). The van der Waals surface area contributed by atoms with Crippen LogP contribution in [0.2, 0.25) is 0 Å². The van der Waals surface area contributed by atoms with Crippen molar-refractivity contribution in [2.24, 2.45) is 0 Å². The van der Waals surface area contributed by atoms with Crippen LogP contribution in [0.1, 0.15) is 29.0 Å². The predicted octanol–water partition coefficient (Wildman–Crippen LogP) is 0.0167. The fourth-order valence-corrected chi connectivity index (χ4v) is 5.03. The summed E-state index contributed by atoms with van der Waals surface area (Å²) in [6, 6.07) is 10.8. The first-order valence-corrected chi connectivity index (χ1v) is 11.7. The summed E-state index contributed by atoms with van der Waals surface area (Å²) in [5.41, 5.74) is 0.867. The van der Waals surface area contributed by atoms with Crippen LogP contribution in [0.4, 0.5) is 4.39 Å². The Morgan fingerprint density at radius 3 is 2.74 bits per heavy atom. The fourth-order valence-electron chi connectivity index (χ4n) is 3.85. The number of carbonyl (C=O) groups excluding carboxylic acids is 1. The molecule has 2 aliphatic rings. The van der Waals surface area contributed by atoms with Gasteiger partial charge in [0.05, 0.1) is 5.39 Å². The molecule has 9 heteroatoms. The van der Waals surface area contributed by atoms with Crippen molar-refractivity contribution in [1.29, 1.82) is 0 Å². The molecule has 7 nitrogen and oxygen atoms in total. The van der Waals surface area contributed by atoms with Crippen LogP contribution < -0.4 is 38.9 Å². The molecule has 0 spiro atoms. The second-order valence-electron chi connectivity index (χ2n) is 7.64. The van der Waals surface area contributed by atoms with Gasteiger partial charge in [-0.25, -0.2) is 4.39 Å². The van der Waals surface area contributed by atoms with Crippen molar-refractivity contribution in [2.75, 3.05) is 13.1 Å². The first kappa shape index (κ1) is 20.3. The number of nitrogens with zero attached hydrogens (tertiary/aromatic N) is 1. The van der Waals surface area contributed by atoms with Crippen molar-refractivity contribution in [2.45, 2.75) is 25.4 Å². The van der Waals surface area contributed by atoms with Crippen molar-refractivity contribution < 1.29 is 41.8 Å². The van der Waals surface area contributed by atoms with Crippen LogP contribution in [0.5, 0.6) is 11.5 Å². The number of halogens is 2. The molecule has 0 unspecified atom stereocenters. The molecule has 0 saturated carbocycles. The second kappa shape index (κ2) is 8.46. The van der Waals surface area contributed by atoms with Crippen LogP contribution in [0.25, 0.3) is 11.0 Å². The number of piperidine rings is 1. The van der Waals surface area contributed by atoms with E-state index in [1.807, 2.05) is 12.1 Å². The molecule has 0 radical (unpaired) electrons. The van der Waals surface area contributed by atoms with Crippen LogP contribution in [-0.4, -0.2) is 29.9 Å². The van der Waals surface area contributed by atoms with Crippen molar-refractivity contribution in [3.8, 4) is 11.5 Å². The van der Waals surface area contributed by atoms with E-state index in [1.165, 1.54) is 17.7 Å². The molecule has 2 aliphatic heterocycles. The second-order valence-corrected chi connectivity index (χ2v) is 8.88. The van der Waals surface area contributed by atoms with E-state index in [1.54, 1.807) is 0 Å². The van der Waals surface area contributed by atoms with Gasteiger partial charge in [-0.3, -0.25) is 4.79 Å². The molecular weight excluding hydrogens is 518 g/mol. The van der Waals surface area contributed by atoms with Gasteiger partial charge in [-0.1, -0.05) is 0 Å². The third-order valence-corrected chi connectivity index (χ3v) is 6.79. The first-order chi connectivity index (χ1) is 15.0. The molecule has 1 aromatic heterocycles. The number of benzene rings is 2. The Kier molecular flexibility index (Phi) is 5.53. The predicted molar refractivity (Wildman–Crippen MR) is 106 cm³/mol. The number of amides is 1. The van der Waals surface area contributed by atoms with E-state index < -0.39 is 33.8 Å². The number of hydrogen-bond donors (Lipinski definition) is 1. The van der Waals surface area contributed by atoms with E-state index in [0.717, 1.165) is 56.1 Å². The van der Waals surface area contributed by atoms with Gasteiger partial charge >= 0.3 is 129 Å². The standard InChI is InChI=1S/C22H19FIN2O5/c23-14-2-3-16-17(27)11-21(29-19(16)10-14)22(28)25-15-5-7-26(8-6-15)12-13-1-4-18-20(9-13)31-24-30-18/h1-4,9-11,15H,5-8,12H2,(H,25,28)/q-1. The van der Waals surface area contributed by atoms with E-state index in [9.17, 15) is 14.0 Å². The molecule has 31 heavy (non-hydrogen) atoms. The van der Waals surface area contributed by atoms with Crippen LogP contribution in [0, 0.1) is 5.82 Å². The van der Waals surface area contributed by atoms with Crippen molar-refractivity contribution in [1.82, 2.24) is 10.2 Å². The zero-order valence-electron chi connectivity index (χ0n) is 16.4. The van der Waals surface area contributed by atoms with E-state index >= 15 is 0 Å². The topological polar surface area (TPSA) is 81.0 Å². The third kappa shape index (κ3) is 4.38. The van der Waals surface area contributed by atoms with E-state index in [4.69, 9.17) is 10.5 Å². The van der Waals surface area contributed by atoms with Gasteiger partial charge in [-0.05, 0) is 12.1 Å². The van der Waals surface area contributed by atoms with E-state index in [2.05, 4.69) is 16.3 Å². The number of rotatable bonds is 4. The number of hydrogen-bond acceptors (Lipinski definition) is 6. The van der Waals surface area contributed by atoms with Crippen molar-refractivity contribution in [3.63, 3.8) is 0 Å².